The fourth-order valence-electron chi connectivity index (χ4n) is 1.24. The molecule has 2 heterocycles. The van der Waals surface area contributed by atoms with Gasteiger partial charge in [-0.1, -0.05) is 0 Å². The summed E-state index contributed by atoms with van der Waals surface area (Å²) in [5.74, 6) is 0. The van der Waals surface area contributed by atoms with Gasteiger partial charge >= 0.3 is 0 Å². The van der Waals surface area contributed by atoms with Crippen molar-refractivity contribution in [1.29, 1.82) is 0 Å². The molecule has 1 unspecified atom stereocenters. The Kier molecular flexibility index (Phi) is 2.94. The van der Waals surface area contributed by atoms with E-state index in [1.165, 1.54) is 0 Å². The number of ether oxygens (including phenoxy) is 4. The van der Waals surface area contributed by atoms with E-state index in [0.29, 0.717) is 6.61 Å². The van der Waals surface area contributed by atoms with Crippen LogP contribution < -0.4 is 0 Å². The zero-order valence-corrected chi connectivity index (χ0v) is 6.90. The highest BCUT2D eigenvalue weighted by Crippen LogP contribution is 2.17. The number of hydrogen-bond acceptors (Lipinski definition) is 4. The first-order valence-corrected chi connectivity index (χ1v) is 4.29. The maximum atomic E-state index is 5.33. The molecule has 0 aliphatic carbocycles. The van der Waals surface area contributed by atoms with Crippen LogP contribution in [0.15, 0.2) is 0 Å². The van der Waals surface area contributed by atoms with Crippen LogP contribution in [-0.2, 0) is 18.9 Å². The summed E-state index contributed by atoms with van der Waals surface area (Å²) in [5, 5.41) is 0. The lowest BCUT2D eigenvalue weighted by atomic mass is 10.4. The lowest BCUT2D eigenvalue weighted by Gasteiger charge is -2.32. The molecular weight excluding hydrogens is 160 g/mol. The molecule has 12 heavy (non-hydrogen) atoms. The molecule has 0 aromatic carbocycles. The second-order valence-electron chi connectivity index (χ2n) is 2.79. The highest BCUT2D eigenvalue weighted by atomic mass is 16.8. The van der Waals surface area contributed by atoms with Gasteiger partial charge in [0, 0.05) is 0 Å². The zero-order chi connectivity index (χ0) is 8.23. The largest absolute Gasteiger partial charge is 0.348 e. The van der Waals surface area contributed by atoms with Gasteiger partial charge in [-0.25, -0.2) is 0 Å². The van der Waals surface area contributed by atoms with E-state index in [9.17, 15) is 0 Å². The van der Waals surface area contributed by atoms with Gasteiger partial charge in [0.2, 0.25) is 12.6 Å². The molecule has 2 aliphatic heterocycles. The molecule has 1 atom stereocenters. The van der Waals surface area contributed by atoms with Gasteiger partial charge in [-0.2, -0.15) is 0 Å². The maximum Gasteiger partial charge on any atom is 0.209 e. The van der Waals surface area contributed by atoms with Crippen LogP contribution in [0.2, 0.25) is 0 Å². The van der Waals surface area contributed by atoms with Crippen molar-refractivity contribution >= 4 is 0 Å². The summed E-state index contributed by atoms with van der Waals surface area (Å²) in [6.07, 6.45) is 1.09. The Morgan fingerprint density at radius 1 is 0.917 bits per heavy atom. The zero-order valence-electron chi connectivity index (χ0n) is 6.90. The first-order chi connectivity index (χ1) is 5.97. The van der Waals surface area contributed by atoms with Gasteiger partial charge in [-0.3, -0.25) is 0 Å². The van der Waals surface area contributed by atoms with Crippen molar-refractivity contribution in [2.24, 2.45) is 0 Å². The third-order valence-electron chi connectivity index (χ3n) is 1.82. The predicted molar refractivity (Wildman–Crippen MR) is 40.1 cm³/mol. The molecule has 0 bridgehead atoms. The summed E-state index contributed by atoms with van der Waals surface area (Å²) in [6.45, 7) is 3.89. The van der Waals surface area contributed by atoms with Crippen molar-refractivity contribution in [2.45, 2.75) is 25.4 Å². The molecule has 2 rings (SSSR count). The second kappa shape index (κ2) is 4.18. The summed E-state index contributed by atoms with van der Waals surface area (Å²) in [7, 11) is 0. The molecule has 0 amide bonds. The minimum Gasteiger partial charge on any atom is -0.348 e. The predicted octanol–water partition coefficient (Wildman–Crippen LogP) is 0.674. The average Bonchev–Trinajstić information content (AvgIpc) is 2.21. The quantitative estimate of drug-likeness (QED) is 0.584. The van der Waals surface area contributed by atoms with Crippen LogP contribution in [0.1, 0.15) is 12.8 Å². The Bertz CT molecular complexity index is 111. The summed E-state index contributed by atoms with van der Waals surface area (Å²) in [4.78, 5) is 0. The molecule has 0 spiro atoms. The molecule has 4 heteroatoms. The van der Waals surface area contributed by atoms with Gasteiger partial charge in [0.15, 0.2) is 0 Å². The van der Waals surface area contributed by atoms with Gasteiger partial charge in [0.25, 0.3) is 0 Å². The summed E-state index contributed by atoms with van der Waals surface area (Å²) < 4.78 is 21.2. The number of rotatable bonds is 1. The fraction of sp³-hybridized carbons (Fsp3) is 0.875. The molecule has 0 aromatic rings. The first kappa shape index (κ1) is 8.44. The summed E-state index contributed by atoms with van der Waals surface area (Å²) >= 11 is 0. The van der Waals surface area contributed by atoms with E-state index in [2.05, 4.69) is 0 Å². The lowest BCUT2D eigenvalue weighted by Crippen LogP contribution is -2.41. The van der Waals surface area contributed by atoms with Crippen LogP contribution in [0.3, 0.4) is 0 Å². The van der Waals surface area contributed by atoms with E-state index >= 15 is 0 Å². The molecule has 1 radical (unpaired) electrons. The fourth-order valence-corrected chi connectivity index (χ4v) is 1.24. The van der Waals surface area contributed by atoms with Crippen LogP contribution in [0.4, 0.5) is 0 Å². The van der Waals surface area contributed by atoms with Crippen molar-refractivity contribution < 1.29 is 18.9 Å². The summed E-state index contributed by atoms with van der Waals surface area (Å²) in [6, 6.07) is 0. The smallest absolute Gasteiger partial charge is 0.209 e. The molecule has 69 valence electrons. The van der Waals surface area contributed by atoms with Crippen molar-refractivity contribution in [3.05, 3.63) is 6.61 Å². The van der Waals surface area contributed by atoms with Gasteiger partial charge < -0.3 is 18.9 Å². The molecule has 4 nitrogen and oxygen atoms in total. The molecular formula is C8H13O4. The van der Waals surface area contributed by atoms with Crippen molar-refractivity contribution in [3.8, 4) is 0 Å². The molecule has 0 aromatic heterocycles. The molecule has 0 saturated carbocycles. The van der Waals surface area contributed by atoms with Gasteiger partial charge in [-0.15, -0.1) is 0 Å². The minimum absolute atomic E-state index is 0.338. The molecule has 2 saturated heterocycles. The number of hydrogen-bond donors (Lipinski definition) is 0. The Morgan fingerprint density at radius 2 is 1.67 bits per heavy atom. The van der Waals surface area contributed by atoms with Gasteiger partial charge in [0.05, 0.1) is 26.4 Å². The standard InChI is InChI=1S/C8H13O4/c1-3-9-7(10-4-1)8-11-5-2-6-12-8/h3,7-8H,1-2,4-6H2. The Labute approximate surface area is 71.7 Å². The Balaban J connectivity index is 1.80. The van der Waals surface area contributed by atoms with E-state index in [4.69, 9.17) is 18.9 Å². The topological polar surface area (TPSA) is 36.9 Å². The van der Waals surface area contributed by atoms with Crippen molar-refractivity contribution in [1.82, 2.24) is 0 Å². The van der Waals surface area contributed by atoms with Crippen LogP contribution in [-0.4, -0.2) is 32.4 Å². The minimum atomic E-state index is -0.362. The van der Waals surface area contributed by atoms with Crippen LogP contribution in [0.5, 0.6) is 0 Å². The third kappa shape index (κ3) is 1.95. The molecule has 0 N–H and O–H groups in total. The highest BCUT2D eigenvalue weighted by Gasteiger charge is 2.28. The van der Waals surface area contributed by atoms with Crippen LogP contribution in [0.25, 0.3) is 0 Å². The van der Waals surface area contributed by atoms with Gasteiger partial charge in [0.1, 0.15) is 0 Å². The first-order valence-electron chi connectivity index (χ1n) is 4.29. The molecule has 2 fully saturated rings. The van der Waals surface area contributed by atoms with E-state index < -0.39 is 0 Å². The van der Waals surface area contributed by atoms with E-state index in [0.717, 1.165) is 26.1 Å². The highest BCUT2D eigenvalue weighted by molar-refractivity contribution is 4.64. The maximum absolute atomic E-state index is 5.33. The van der Waals surface area contributed by atoms with Crippen molar-refractivity contribution in [2.75, 3.05) is 19.8 Å². The third-order valence-corrected chi connectivity index (χ3v) is 1.82. The van der Waals surface area contributed by atoms with E-state index in [-0.39, 0.29) is 12.6 Å². The summed E-state index contributed by atoms with van der Waals surface area (Å²) in [5.41, 5.74) is 0. The van der Waals surface area contributed by atoms with Crippen molar-refractivity contribution in [3.63, 3.8) is 0 Å². The normalized spacial score (nSPS) is 29.0. The average molecular weight is 173 g/mol. The molecule has 2 aliphatic rings. The Hall–Kier alpha value is -0.160. The van der Waals surface area contributed by atoms with E-state index in [1.54, 1.807) is 6.61 Å². The second-order valence-corrected chi connectivity index (χ2v) is 2.79. The van der Waals surface area contributed by atoms with Gasteiger partial charge in [-0.05, 0) is 12.8 Å². The SMILES string of the molecule is [CH]1CCOC(C2OCCCO2)O1. The Morgan fingerprint density at radius 3 is 2.33 bits per heavy atom. The van der Waals surface area contributed by atoms with Crippen LogP contribution >= 0.6 is 0 Å². The van der Waals surface area contributed by atoms with E-state index in [1.807, 2.05) is 0 Å². The lowest BCUT2D eigenvalue weighted by molar-refractivity contribution is -0.304. The van der Waals surface area contributed by atoms with Crippen LogP contribution in [0, 0.1) is 6.61 Å². The monoisotopic (exact) mass is 173 g/mol.